The van der Waals surface area contributed by atoms with Crippen LogP contribution in [-0.2, 0) is 9.59 Å². The quantitative estimate of drug-likeness (QED) is 0.867. The molecule has 108 valence electrons. The van der Waals surface area contributed by atoms with E-state index in [-0.39, 0.29) is 18.6 Å². The van der Waals surface area contributed by atoms with Crippen LogP contribution in [0.25, 0.3) is 0 Å². The van der Waals surface area contributed by atoms with Crippen LogP contribution in [0.5, 0.6) is 5.75 Å². The molecule has 1 N–H and O–H groups in total. The maximum absolute atomic E-state index is 13.5. The molecule has 1 fully saturated rings. The Morgan fingerprint density at radius 1 is 1.25 bits per heavy atom. The van der Waals surface area contributed by atoms with Gasteiger partial charge in [0.15, 0.2) is 17.4 Å². The first-order chi connectivity index (χ1) is 9.36. The van der Waals surface area contributed by atoms with Gasteiger partial charge in [-0.1, -0.05) is 0 Å². The fourth-order valence-corrected chi connectivity index (χ4v) is 1.72. The predicted molar refractivity (Wildman–Crippen MR) is 59.4 cm³/mol. The molecule has 1 aliphatic carbocycles. The zero-order chi connectivity index (χ0) is 14.9. The number of anilines is 1. The predicted octanol–water partition coefficient (Wildman–Crippen LogP) is 2.48. The lowest BCUT2D eigenvalue weighted by Crippen LogP contribution is -2.34. The number of alkyl halides is 2. The Balaban J connectivity index is 2.10. The third kappa shape index (κ3) is 3.06. The third-order valence-electron chi connectivity index (χ3n) is 2.81. The van der Waals surface area contributed by atoms with Gasteiger partial charge in [-0.25, -0.2) is 8.78 Å². The van der Waals surface area contributed by atoms with E-state index in [0.29, 0.717) is 12.1 Å². The minimum atomic E-state index is -3.29. The first kappa shape index (κ1) is 14.3. The van der Waals surface area contributed by atoms with Gasteiger partial charge in [0.2, 0.25) is 5.91 Å². The number of rotatable bonds is 4. The number of carbonyl (C=O) groups excluding carboxylic acids is 2. The molecule has 0 radical (unpaired) electrons. The Labute approximate surface area is 110 Å². The number of hydrogen-bond acceptors (Lipinski definition) is 3. The standard InChI is InChI=1S/C12H9F4NO3/c13-7-4-10(20-12(15)16)8(14)3-9(7)17-11(19)5-1-6(18)2-5/h3-5,12H,1-2H2,(H,17,19). The highest BCUT2D eigenvalue weighted by Crippen LogP contribution is 2.28. The Morgan fingerprint density at radius 3 is 2.45 bits per heavy atom. The highest BCUT2D eigenvalue weighted by Gasteiger charge is 2.33. The average molecular weight is 291 g/mol. The lowest BCUT2D eigenvalue weighted by molar-refractivity contribution is -0.135. The molecule has 8 heteroatoms. The summed E-state index contributed by atoms with van der Waals surface area (Å²) < 4.78 is 54.5. The summed E-state index contributed by atoms with van der Waals surface area (Å²) in [7, 11) is 0. The topological polar surface area (TPSA) is 55.4 Å². The molecule has 0 heterocycles. The van der Waals surface area contributed by atoms with E-state index in [1.807, 2.05) is 0 Å². The van der Waals surface area contributed by atoms with Gasteiger partial charge < -0.3 is 10.1 Å². The van der Waals surface area contributed by atoms with E-state index < -0.39 is 41.5 Å². The fourth-order valence-electron chi connectivity index (χ4n) is 1.72. The second-order valence-corrected chi connectivity index (χ2v) is 4.27. The maximum Gasteiger partial charge on any atom is 0.387 e. The highest BCUT2D eigenvalue weighted by molar-refractivity contribution is 6.02. The summed E-state index contributed by atoms with van der Waals surface area (Å²) in [5, 5.41) is 2.10. The number of halogens is 4. The highest BCUT2D eigenvalue weighted by atomic mass is 19.3. The summed E-state index contributed by atoms with van der Waals surface area (Å²) in [6.07, 6.45) is 0.116. The van der Waals surface area contributed by atoms with Crippen molar-refractivity contribution < 1.29 is 31.9 Å². The van der Waals surface area contributed by atoms with Crippen molar-refractivity contribution in [3.8, 4) is 5.75 Å². The number of benzene rings is 1. The Hall–Kier alpha value is -2.12. The molecule has 1 saturated carbocycles. The lowest BCUT2D eigenvalue weighted by Gasteiger charge is -2.23. The number of Topliss-reactive ketones (excluding diaryl/α,β-unsaturated/α-hetero) is 1. The zero-order valence-corrected chi connectivity index (χ0v) is 9.96. The third-order valence-corrected chi connectivity index (χ3v) is 2.81. The van der Waals surface area contributed by atoms with Crippen molar-refractivity contribution in [1.29, 1.82) is 0 Å². The number of amides is 1. The van der Waals surface area contributed by atoms with Crippen molar-refractivity contribution in [2.75, 3.05) is 5.32 Å². The summed E-state index contributed by atoms with van der Waals surface area (Å²) in [6, 6.07) is 0.967. The van der Waals surface area contributed by atoms with Crippen LogP contribution in [0.2, 0.25) is 0 Å². The molecule has 1 amide bonds. The number of carbonyl (C=O) groups is 2. The van der Waals surface area contributed by atoms with E-state index >= 15 is 0 Å². The molecule has 0 atom stereocenters. The molecule has 0 spiro atoms. The summed E-state index contributed by atoms with van der Waals surface area (Å²) in [4.78, 5) is 22.3. The van der Waals surface area contributed by atoms with Crippen LogP contribution in [0.15, 0.2) is 12.1 Å². The first-order valence-corrected chi connectivity index (χ1v) is 5.63. The van der Waals surface area contributed by atoms with Gasteiger partial charge in [-0.3, -0.25) is 9.59 Å². The van der Waals surface area contributed by atoms with Crippen molar-refractivity contribution in [2.45, 2.75) is 19.5 Å². The second kappa shape index (κ2) is 5.48. The van der Waals surface area contributed by atoms with E-state index in [2.05, 4.69) is 10.1 Å². The van der Waals surface area contributed by atoms with Gasteiger partial charge in [-0.2, -0.15) is 8.78 Å². The largest absolute Gasteiger partial charge is 0.432 e. The molecule has 4 nitrogen and oxygen atoms in total. The minimum absolute atomic E-state index is 0.0580. The van der Waals surface area contributed by atoms with Crippen LogP contribution in [-0.4, -0.2) is 18.3 Å². The van der Waals surface area contributed by atoms with Gasteiger partial charge in [0, 0.05) is 25.0 Å². The normalized spacial score (nSPS) is 15.2. The first-order valence-electron chi connectivity index (χ1n) is 5.63. The molecule has 0 aromatic heterocycles. The number of hydrogen-bond donors (Lipinski definition) is 1. The van der Waals surface area contributed by atoms with E-state index in [9.17, 15) is 27.2 Å². The molecule has 0 aliphatic heterocycles. The van der Waals surface area contributed by atoms with Gasteiger partial charge in [0.05, 0.1) is 11.6 Å². The van der Waals surface area contributed by atoms with E-state index in [4.69, 9.17) is 0 Å². The monoisotopic (exact) mass is 291 g/mol. The van der Waals surface area contributed by atoms with Crippen LogP contribution in [0.3, 0.4) is 0 Å². The van der Waals surface area contributed by atoms with Crippen molar-refractivity contribution in [1.82, 2.24) is 0 Å². The van der Waals surface area contributed by atoms with Crippen molar-refractivity contribution >= 4 is 17.4 Å². The molecular formula is C12H9F4NO3. The van der Waals surface area contributed by atoms with Gasteiger partial charge in [0.1, 0.15) is 5.78 Å². The Kier molecular flexibility index (Phi) is 3.91. The van der Waals surface area contributed by atoms with E-state index in [0.717, 1.165) is 0 Å². The minimum Gasteiger partial charge on any atom is -0.432 e. The molecular weight excluding hydrogens is 282 g/mol. The fraction of sp³-hybridized carbons (Fsp3) is 0.333. The van der Waals surface area contributed by atoms with E-state index in [1.165, 1.54) is 0 Å². The van der Waals surface area contributed by atoms with Gasteiger partial charge in [0.25, 0.3) is 0 Å². The molecule has 0 saturated heterocycles. The number of ketones is 1. The molecule has 2 rings (SSSR count). The second-order valence-electron chi connectivity index (χ2n) is 4.27. The molecule has 1 aliphatic rings. The maximum atomic E-state index is 13.5. The number of ether oxygens (including phenoxy) is 1. The molecule has 1 aromatic carbocycles. The summed E-state index contributed by atoms with van der Waals surface area (Å²) in [6.45, 7) is -3.29. The van der Waals surface area contributed by atoms with Gasteiger partial charge >= 0.3 is 6.61 Å². The molecule has 1 aromatic rings. The molecule has 0 bridgehead atoms. The Morgan fingerprint density at radius 2 is 1.90 bits per heavy atom. The summed E-state index contributed by atoms with van der Waals surface area (Å²) in [5.74, 6) is -4.56. The summed E-state index contributed by atoms with van der Waals surface area (Å²) in [5.41, 5.74) is -0.492. The molecule has 20 heavy (non-hydrogen) atoms. The lowest BCUT2D eigenvalue weighted by atomic mass is 9.83. The van der Waals surface area contributed by atoms with Crippen LogP contribution >= 0.6 is 0 Å². The van der Waals surface area contributed by atoms with E-state index in [1.54, 1.807) is 0 Å². The smallest absolute Gasteiger partial charge is 0.387 e. The van der Waals surface area contributed by atoms with Crippen LogP contribution in [0, 0.1) is 17.6 Å². The zero-order valence-electron chi connectivity index (χ0n) is 9.96. The van der Waals surface area contributed by atoms with Gasteiger partial charge in [-0.15, -0.1) is 0 Å². The average Bonchev–Trinajstić information content (AvgIpc) is 2.30. The van der Waals surface area contributed by atoms with Crippen LogP contribution < -0.4 is 10.1 Å². The van der Waals surface area contributed by atoms with Crippen LogP contribution in [0.4, 0.5) is 23.2 Å². The Bertz CT molecular complexity index is 554. The SMILES string of the molecule is O=C1CC(C(=O)Nc2cc(F)c(OC(F)F)cc2F)C1. The molecule has 0 unspecified atom stereocenters. The number of nitrogens with one attached hydrogen (secondary N) is 1. The van der Waals surface area contributed by atoms with Crippen LogP contribution in [0.1, 0.15) is 12.8 Å². The van der Waals surface area contributed by atoms with Gasteiger partial charge in [-0.05, 0) is 0 Å². The van der Waals surface area contributed by atoms with Crippen molar-refractivity contribution in [3.05, 3.63) is 23.8 Å². The van der Waals surface area contributed by atoms with Crippen molar-refractivity contribution in [2.24, 2.45) is 5.92 Å². The van der Waals surface area contributed by atoms with Crippen molar-refractivity contribution in [3.63, 3.8) is 0 Å². The summed E-state index contributed by atoms with van der Waals surface area (Å²) >= 11 is 0.